The van der Waals surface area contributed by atoms with E-state index in [0.29, 0.717) is 0 Å². The van der Waals surface area contributed by atoms with Gasteiger partial charge in [0.1, 0.15) is 53.0 Å². The lowest BCUT2D eigenvalue weighted by molar-refractivity contribution is -0.277. The van der Waals surface area contributed by atoms with Crippen molar-refractivity contribution in [2.45, 2.75) is 30.7 Å². The van der Waals surface area contributed by atoms with E-state index >= 15 is 0 Å². The van der Waals surface area contributed by atoms with Crippen LogP contribution >= 0.6 is 0 Å². The van der Waals surface area contributed by atoms with E-state index in [-0.39, 0.29) is 22.6 Å². The number of aromatic hydroxyl groups is 3. The van der Waals surface area contributed by atoms with Crippen LogP contribution in [-0.2, 0) is 4.74 Å². The number of phenolic OH excluding ortho intramolecular Hbond substituents is 3. The number of ether oxygens (including phenoxy) is 2. The Hall–Kier alpha value is -2.89. The highest BCUT2D eigenvalue weighted by Gasteiger charge is 2.45. The van der Waals surface area contributed by atoms with Gasteiger partial charge in [-0.25, -0.2) is 0 Å². The molecule has 2 aromatic carbocycles. The Morgan fingerprint density at radius 2 is 1.59 bits per heavy atom. The molecule has 0 aromatic heterocycles. The molecular formula is C19H20O10. The molecule has 1 heterocycles. The van der Waals surface area contributed by atoms with Crippen LogP contribution in [0.5, 0.6) is 23.0 Å². The second kappa shape index (κ2) is 8.23. The van der Waals surface area contributed by atoms with Gasteiger partial charge in [0.2, 0.25) is 12.1 Å². The SMILES string of the molecule is O=C(c1ccc(O)cc1)c1c(O)cc(O)cc1OC1OC(CO)C(O)C(O)C1O. The van der Waals surface area contributed by atoms with E-state index in [4.69, 9.17) is 9.47 Å². The number of hydrogen-bond donors (Lipinski definition) is 7. The van der Waals surface area contributed by atoms with E-state index < -0.39 is 54.6 Å². The van der Waals surface area contributed by atoms with Crippen LogP contribution in [0, 0.1) is 0 Å². The van der Waals surface area contributed by atoms with Crippen LogP contribution in [0.2, 0.25) is 0 Å². The molecule has 0 spiro atoms. The minimum atomic E-state index is -1.76. The first kappa shape index (κ1) is 20.8. The highest BCUT2D eigenvalue weighted by Crippen LogP contribution is 2.36. The fourth-order valence-corrected chi connectivity index (χ4v) is 2.95. The molecule has 1 aliphatic rings. The molecule has 1 saturated heterocycles. The first-order chi connectivity index (χ1) is 13.7. The summed E-state index contributed by atoms with van der Waals surface area (Å²) in [5, 5.41) is 68.4. The van der Waals surface area contributed by atoms with Gasteiger partial charge in [-0.3, -0.25) is 4.79 Å². The van der Waals surface area contributed by atoms with E-state index in [2.05, 4.69) is 0 Å². The van der Waals surface area contributed by atoms with Gasteiger partial charge in [0.15, 0.2) is 0 Å². The number of carbonyl (C=O) groups excluding carboxylic acids is 1. The van der Waals surface area contributed by atoms with Crippen LogP contribution < -0.4 is 4.74 Å². The number of phenols is 3. The third-order valence-corrected chi connectivity index (χ3v) is 4.51. The van der Waals surface area contributed by atoms with E-state index in [0.717, 1.165) is 12.1 Å². The van der Waals surface area contributed by atoms with Crippen molar-refractivity contribution in [1.29, 1.82) is 0 Å². The number of benzene rings is 2. The zero-order valence-corrected chi connectivity index (χ0v) is 14.9. The van der Waals surface area contributed by atoms with Gasteiger partial charge < -0.3 is 45.2 Å². The summed E-state index contributed by atoms with van der Waals surface area (Å²) in [7, 11) is 0. The summed E-state index contributed by atoms with van der Waals surface area (Å²) >= 11 is 0. The summed E-state index contributed by atoms with van der Waals surface area (Å²) < 4.78 is 10.7. The number of aliphatic hydroxyl groups excluding tert-OH is 4. The Morgan fingerprint density at radius 1 is 0.931 bits per heavy atom. The highest BCUT2D eigenvalue weighted by atomic mass is 16.7. The van der Waals surface area contributed by atoms with Crippen molar-refractivity contribution in [2.75, 3.05) is 6.61 Å². The highest BCUT2D eigenvalue weighted by molar-refractivity contribution is 6.12. The van der Waals surface area contributed by atoms with Crippen molar-refractivity contribution in [1.82, 2.24) is 0 Å². The average molecular weight is 408 g/mol. The number of hydrogen-bond acceptors (Lipinski definition) is 10. The summed E-state index contributed by atoms with van der Waals surface area (Å²) in [6.45, 7) is -0.685. The van der Waals surface area contributed by atoms with Gasteiger partial charge in [0, 0.05) is 17.7 Å². The molecule has 10 nitrogen and oxygen atoms in total. The lowest BCUT2D eigenvalue weighted by Gasteiger charge is -2.39. The van der Waals surface area contributed by atoms with Crippen molar-refractivity contribution in [2.24, 2.45) is 0 Å². The third-order valence-electron chi connectivity index (χ3n) is 4.51. The Balaban J connectivity index is 1.97. The van der Waals surface area contributed by atoms with Crippen LogP contribution in [0.3, 0.4) is 0 Å². The van der Waals surface area contributed by atoms with E-state index in [1.165, 1.54) is 24.3 Å². The molecule has 5 unspecified atom stereocenters. The molecule has 29 heavy (non-hydrogen) atoms. The predicted octanol–water partition coefficient (Wildman–Crippen LogP) is -0.787. The maximum Gasteiger partial charge on any atom is 0.229 e. The second-order valence-electron chi connectivity index (χ2n) is 6.53. The molecule has 0 saturated carbocycles. The van der Waals surface area contributed by atoms with Crippen molar-refractivity contribution >= 4 is 5.78 Å². The third kappa shape index (κ3) is 4.11. The van der Waals surface area contributed by atoms with Crippen LogP contribution in [0.1, 0.15) is 15.9 Å². The summed E-state index contributed by atoms with van der Waals surface area (Å²) in [5.41, 5.74) is -0.284. The van der Waals surface area contributed by atoms with Crippen molar-refractivity contribution in [3.63, 3.8) is 0 Å². The van der Waals surface area contributed by atoms with Gasteiger partial charge >= 0.3 is 0 Å². The molecule has 10 heteroatoms. The molecule has 2 aromatic rings. The average Bonchev–Trinajstić information content (AvgIpc) is 2.68. The van der Waals surface area contributed by atoms with Gasteiger partial charge in [0.25, 0.3) is 0 Å². The van der Waals surface area contributed by atoms with Crippen LogP contribution in [0.25, 0.3) is 0 Å². The van der Waals surface area contributed by atoms with Gasteiger partial charge in [0.05, 0.1) is 6.61 Å². The molecule has 1 aliphatic heterocycles. The first-order valence-corrected chi connectivity index (χ1v) is 8.59. The molecule has 0 bridgehead atoms. The molecule has 5 atom stereocenters. The summed E-state index contributed by atoms with van der Waals surface area (Å²) in [5.74, 6) is -2.24. The van der Waals surface area contributed by atoms with Crippen LogP contribution in [-0.4, -0.2) is 78.8 Å². The quantitative estimate of drug-likeness (QED) is 0.310. The minimum Gasteiger partial charge on any atom is -0.508 e. The Labute approximate surface area is 164 Å². The maximum absolute atomic E-state index is 12.8. The second-order valence-corrected chi connectivity index (χ2v) is 6.53. The molecular weight excluding hydrogens is 388 g/mol. The van der Waals surface area contributed by atoms with Crippen molar-refractivity contribution in [3.05, 3.63) is 47.5 Å². The normalized spacial score (nSPS) is 26.8. The Morgan fingerprint density at radius 3 is 2.21 bits per heavy atom. The van der Waals surface area contributed by atoms with Gasteiger partial charge in [-0.05, 0) is 24.3 Å². The maximum atomic E-state index is 12.8. The minimum absolute atomic E-state index is 0.0747. The molecule has 156 valence electrons. The van der Waals surface area contributed by atoms with E-state index in [9.17, 15) is 40.5 Å². The predicted molar refractivity (Wildman–Crippen MR) is 95.7 cm³/mol. The number of ketones is 1. The van der Waals surface area contributed by atoms with Gasteiger partial charge in [-0.15, -0.1) is 0 Å². The Kier molecular flexibility index (Phi) is 5.91. The standard InChI is InChI=1S/C19H20O10/c20-7-13-16(25)17(26)18(27)19(29-13)28-12-6-10(22)5-11(23)14(12)15(24)8-1-3-9(21)4-2-8/h1-6,13,16-23,25-27H,7H2. The lowest BCUT2D eigenvalue weighted by Crippen LogP contribution is -2.60. The lowest BCUT2D eigenvalue weighted by atomic mass is 9.99. The van der Waals surface area contributed by atoms with E-state index in [1.54, 1.807) is 0 Å². The molecule has 0 radical (unpaired) electrons. The number of carbonyl (C=O) groups is 1. The summed E-state index contributed by atoms with van der Waals surface area (Å²) in [4.78, 5) is 12.8. The molecule has 0 amide bonds. The van der Waals surface area contributed by atoms with Crippen molar-refractivity contribution < 1.29 is 50.0 Å². The smallest absolute Gasteiger partial charge is 0.229 e. The zero-order chi connectivity index (χ0) is 21.3. The number of aliphatic hydroxyl groups is 4. The monoisotopic (exact) mass is 408 g/mol. The first-order valence-electron chi connectivity index (χ1n) is 8.59. The molecule has 7 N–H and O–H groups in total. The zero-order valence-electron chi connectivity index (χ0n) is 14.9. The van der Waals surface area contributed by atoms with Crippen LogP contribution in [0.15, 0.2) is 36.4 Å². The van der Waals surface area contributed by atoms with Crippen LogP contribution in [0.4, 0.5) is 0 Å². The molecule has 3 rings (SSSR count). The largest absolute Gasteiger partial charge is 0.508 e. The van der Waals surface area contributed by atoms with E-state index in [1.807, 2.05) is 0 Å². The molecule has 0 aliphatic carbocycles. The Bertz CT molecular complexity index is 879. The fraction of sp³-hybridized carbons (Fsp3) is 0.316. The van der Waals surface area contributed by atoms with Crippen molar-refractivity contribution in [3.8, 4) is 23.0 Å². The summed E-state index contributed by atoms with van der Waals surface area (Å²) in [6, 6.07) is 7.05. The van der Waals surface area contributed by atoms with Gasteiger partial charge in [-0.1, -0.05) is 0 Å². The topological polar surface area (TPSA) is 177 Å². The molecule has 1 fully saturated rings. The number of rotatable bonds is 5. The van der Waals surface area contributed by atoms with Gasteiger partial charge in [-0.2, -0.15) is 0 Å². The fourth-order valence-electron chi connectivity index (χ4n) is 2.95. The summed E-state index contributed by atoms with van der Waals surface area (Å²) in [6.07, 6.45) is -7.95.